The van der Waals surface area contributed by atoms with Crippen LogP contribution in [0.3, 0.4) is 0 Å². The zero-order chi connectivity index (χ0) is 15.3. The Morgan fingerprint density at radius 1 is 1.20 bits per heavy atom. The van der Waals surface area contributed by atoms with E-state index in [9.17, 15) is 14.4 Å². The van der Waals surface area contributed by atoms with Crippen molar-refractivity contribution in [2.75, 3.05) is 33.0 Å². The standard InChI is InChI=1S/C13H18N4O3/c1-16(2)11(18)8-17(3)12(19)9-5-4-6-10(7-9)15-13(14)20/h4-7H,8H2,1-3H3,(H3,14,15,20). The van der Waals surface area contributed by atoms with Crippen LogP contribution in [0.1, 0.15) is 10.4 Å². The highest BCUT2D eigenvalue weighted by Crippen LogP contribution is 2.12. The van der Waals surface area contributed by atoms with Crippen LogP contribution in [0.4, 0.5) is 10.5 Å². The maximum absolute atomic E-state index is 12.2. The molecule has 108 valence electrons. The molecular weight excluding hydrogens is 260 g/mol. The number of nitrogens with one attached hydrogen (secondary N) is 1. The molecule has 0 saturated carbocycles. The fraction of sp³-hybridized carbons (Fsp3) is 0.308. The molecule has 4 amide bonds. The van der Waals surface area contributed by atoms with Crippen molar-refractivity contribution in [3.63, 3.8) is 0 Å². The van der Waals surface area contributed by atoms with Crippen LogP contribution in [0.2, 0.25) is 0 Å². The van der Waals surface area contributed by atoms with E-state index >= 15 is 0 Å². The highest BCUT2D eigenvalue weighted by Gasteiger charge is 2.16. The monoisotopic (exact) mass is 278 g/mol. The van der Waals surface area contributed by atoms with Crippen molar-refractivity contribution in [2.24, 2.45) is 5.73 Å². The number of carbonyl (C=O) groups excluding carboxylic acids is 3. The van der Waals surface area contributed by atoms with Crippen LogP contribution in [0.15, 0.2) is 24.3 Å². The summed E-state index contributed by atoms with van der Waals surface area (Å²) >= 11 is 0. The number of rotatable bonds is 4. The molecule has 0 unspecified atom stereocenters. The molecular formula is C13H18N4O3. The summed E-state index contributed by atoms with van der Waals surface area (Å²) < 4.78 is 0. The topological polar surface area (TPSA) is 95.7 Å². The quantitative estimate of drug-likeness (QED) is 0.831. The Morgan fingerprint density at radius 3 is 2.40 bits per heavy atom. The first kappa shape index (κ1) is 15.5. The fourth-order valence-corrected chi connectivity index (χ4v) is 1.51. The van der Waals surface area contributed by atoms with Gasteiger partial charge >= 0.3 is 6.03 Å². The van der Waals surface area contributed by atoms with Gasteiger partial charge in [-0.25, -0.2) is 4.79 Å². The summed E-state index contributed by atoms with van der Waals surface area (Å²) in [4.78, 5) is 37.2. The molecule has 1 aromatic carbocycles. The van der Waals surface area contributed by atoms with Gasteiger partial charge in [0.05, 0.1) is 6.54 Å². The van der Waals surface area contributed by atoms with Crippen molar-refractivity contribution in [1.82, 2.24) is 9.80 Å². The Kier molecular flexibility index (Phi) is 5.08. The van der Waals surface area contributed by atoms with Crippen LogP contribution in [-0.4, -0.2) is 55.3 Å². The third-order valence-electron chi connectivity index (χ3n) is 2.59. The van der Waals surface area contributed by atoms with E-state index in [1.54, 1.807) is 32.3 Å². The number of likely N-dealkylation sites (N-methyl/N-ethyl adjacent to an activating group) is 2. The summed E-state index contributed by atoms with van der Waals surface area (Å²) in [6.07, 6.45) is 0. The van der Waals surface area contributed by atoms with Gasteiger partial charge in [-0.15, -0.1) is 0 Å². The van der Waals surface area contributed by atoms with Crippen molar-refractivity contribution in [3.05, 3.63) is 29.8 Å². The number of hydrogen-bond donors (Lipinski definition) is 2. The van der Waals surface area contributed by atoms with Gasteiger partial charge in [-0.1, -0.05) is 6.07 Å². The van der Waals surface area contributed by atoms with E-state index in [0.717, 1.165) is 0 Å². The molecule has 3 N–H and O–H groups in total. The zero-order valence-corrected chi connectivity index (χ0v) is 11.7. The molecule has 1 aromatic rings. The van der Waals surface area contributed by atoms with Crippen LogP contribution < -0.4 is 11.1 Å². The van der Waals surface area contributed by atoms with Gasteiger partial charge in [-0.3, -0.25) is 9.59 Å². The summed E-state index contributed by atoms with van der Waals surface area (Å²) in [6.45, 7) is -0.0146. The van der Waals surface area contributed by atoms with Gasteiger partial charge in [0.25, 0.3) is 5.91 Å². The first-order valence-electron chi connectivity index (χ1n) is 5.93. The SMILES string of the molecule is CN(C)C(=O)CN(C)C(=O)c1cccc(NC(N)=O)c1. The number of primary amides is 1. The molecule has 20 heavy (non-hydrogen) atoms. The highest BCUT2D eigenvalue weighted by atomic mass is 16.2. The molecule has 7 heteroatoms. The predicted molar refractivity (Wildman–Crippen MR) is 75.3 cm³/mol. The molecule has 0 aliphatic rings. The van der Waals surface area contributed by atoms with Gasteiger partial charge in [0, 0.05) is 32.4 Å². The largest absolute Gasteiger partial charge is 0.351 e. The Bertz CT molecular complexity index is 528. The van der Waals surface area contributed by atoms with Gasteiger partial charge in [-0.2, -0.15) is 0 Å². The number of hydrogen-bond acceptors (Lipinski definition) is 3. The Hall–Kier alpha value is -2.57. The molecule has 0 radical (unpaired) electrons. The highest BCUT2D eigenvalue weighted by molar-refractivity contribution is 5.98. The lowest BCUT2D eigenvalue weighted by Gasteiger charge is -2.19. The first-order valence-corrected chi connectivity index (χ1v) is 5.93. The number of amides is 4. The fourth-order valence-electron chi connectivity index (χ4n) is 1.51. The lowest BCUT2D eigenvalue weighted by atomic mass is 10.1. The van der Waals surface area contributed by atoms with Gasteiger partial charge < -0.3 is 20.9 Å². The van der Waals surface area contributed by atoms with E-state index in [-0.39, 0.29) is 18.4 Å². The number of nitrogens with zero attached hydrogens (tertiary/aromatic N) is 2. The average molecular weight is 278 g/mol. The van der Waals surface area contributed by atoms with Gasteiger partial charge in [0.1, 0.15) is 0 Å². The molecule has 0 fully saturated rings. The summed E-state index contributed by atoms with van der Waals surface area (Å²) in [5, 5.41) is 2.39. The van der Waals surface area contributed by atoms with E-state index in [0.29, 0.717) is 11.3 Å². The second-order valence-corrected chi connectivity index (χ2v) is 4.52. The summed E-state index contributed by atoms with van der Waals surface area (Å²) in [6, 6.07) is 5.65. The van der Waals surface area contributed by atoms with E-state index in [1.807, 2.05) is 0 Å². The summed E-state index contributed by atoms with van der Waals surface area (Å²) in [5.74, 6) is -0.486. The second kappa shape index (κ2) is 6.55. The minimum absolute atomic E-state index is 0.0146. The Labute approximate surface area is 117 Å². The lowest BCUT2D eigenvalue weighted by Crippen LogP contribution is -2.37. The third-order valence-corrected chi connectivity index (χ3v) is 2.59. The van der Waals surface area contributed by atoms with E-state index < -0.39 is 6.03 Å². The molecule has 0 bridgehead atoms. The van der Waals surface area contributed by atoms with Crippen molar-refractivity contribution in [2.45, 2.75) is 0 Å². The maximum atomic E-state index is 12.2. The molecule has 0 spiro atoms. The van der Waals surface area contributed by atoms with Crippen LogP contribution in [-0.2, 0) is 4.79 Å². The average Bonchev–Trinajstić information content (AvgIpc) is 2.37. The Morgan fingerprint density at radius 2 is 1.85 bits per heavy atom. The second-order valence-electron chi connectivity index (χ2n) is 4.52. The number of carbonyl (C=O) groups is 3. The van der Waals surface area contributed by atoms with Crippen LogP contribution in [0.5, 0.6) is 0 Å². The lowest BCUT2D eigenvalue weighted by molar-refractivity contribution is -0.129. The predicted octanol–water partition coefficient (Wildman–Crippen LogP) is 0.337. The Balaban J connectivity index is 2.81. The smallest absolute Gasteiger partial charge is 0.316 e. The number of urea groups is 1. The maximum Gasteiger partial charge on any atom is 0.316 e. The molecule has 1 rings (SSSR count). The molecule has 0 aliphatic heterocycles. The van der Waals surface area contributed by atoms with Crippen molar-refractivity contribution >= 4 is 23.5 Å². The summed E-state index contributed by atoms with van der Waals surface area (Å²) in [7, 11) is 4.79. The minimum Gasteiger partial charge on any atom is -0.351 e. The number of nitrogens with two attached hydrogens (primary N) is 1. The molecule has 0 heterocycles. The van der Waals surface area contributed by atoms with Crippen LogP contribution in [0.25, 0.3) is 0 Å². The zero-order valence-electron chi connectivity index (χ0n) is 11.7. The van der Waals surface area contributed by atoms with E-state index in [4.69, 9.17) is 5.73 Å². The first-order chi connectivity index (χ1) is 9.31. The normalized spacial score (nSPS) is 9.75. The molecule has 0 saturated heterocycles. The van der Waals surface area contributed by atoms with Crippen molar-refractivity contribution in [3.8, 4) is 0 Å². The van der Waals surface area contributed by atoms with Gasteiger partial charge in [0.15, 0.2) is 0 Å². The van der Waals surface area contributed by atoms with Crippen LogP contribution in [0, 0.1) is 0 Å². The molecule has 0 aliphatic carbocycles. The van der Waals surface area contributed by atoms with Crippen molar-refractivity contribution in [1.29, 1.82) is 0 Å². The molecule has 0 atom stereocenters. The summed E-state index contributed by atoms with van der Waals surface area (Å²) in [5.41, 5.74) is 5.81. The third kappa shape index (κ3) is 4.27. The van der Waals surface area contributed by atoms with Gasteiger partial charge in [0.2, 0.25) is 5.91 Å². The van der Waals surface area contributed by atoms with Crippen LogP contribution >= 0.6 is 0 Å². The van der Waals surface area contributed by atoms with Crippen molar-refractivity contribution < 1.29 is 14.4 Å². The van der Waals surface area contributed by atoms with E-state index in [2.05, 4.69) is 5.32 Å². The molecule has 7 nitrogen and oxygen atoms in total. The molecule has 0 aromatic heterocycles. The minimum atomic E-state index is -0.703. The van der Waals surface area contributed by atoms with Gasteiger partial charge in [-0.05, 0) is 18.2 Å². The number of benzene rings is 1. The van der Waals surface area contributed by atoms with E-state index in [1.165, 1.54) is 22.9 Å². The number of anilines is 1.